The van der Waals surface area contributed by atoms with Gasteiger partial charge in [-0.05, 0) is 57.4 Å². The quantitative estimate of drug-likeness (QED) is 0.757. The molecule has 0 aliphatic carbocycles. The second-order valence-corrected chi connectivity index (χ2v) is 5.40. The summed E-state index contributed by atoms with van der Waals surface area (Å²) in [4.78, 5) is 15.3. The van der Waals surface area contributed by atoms with Crippen LogP contribution < -0.4 is 0 Å². The predicted molar refractivity (Wildman–Crippen MR) is 72.6 cm³/mol. The van der Waals surface area contributed by atoms with Gasteiger partial charge in [-0.2, -0.15) is 0 Å². The van der Waals surface area contributed by atoms with E-state index in [1.807, 2.05) is 29.2 Å². The number of amides is 1. The standard InChI is InChI=1S/C14H19NOS/c1-10-4-3-5-11(2)15(10)14(16)12-6-8-13(17)9-7-12/h6-11,17H,3-5H2,1-2H3/t10-,11+. The van der Waals surface area contributed by atoms with Gasteiger partial charge < -0.3 is 4.90 Å². The molecule has 0 saturated carbocycles. The Balaban J connectivity index is 2.20. The van der Waals surface area contributed by atoms with Gasteiger partial charge in [0.1, 0.15) is 0 Å². The number of hydrogen-bond donors (Lipinski definition) is 1. The lowest BCUT2D eigenvalue weighted by atomic mass is 9.96. The van der Waals surface area contributed by atoms with Gasteiger partial charge in [0.2, 0.25) is 0 Å². The van der Waals surface area contributed by atoms with Crippen LogP contribution in [0.2, 0.25) is 0 Å². The summed E-state index contributed by atoms with van der Waals surface area (Å²) in [6.07, 6.45) is 3.45. The Morgan fingerprint density at radius 3 is 2.24 bits per heavy atom. The lowest BCUT2D eigenvalue weighted by molar-refractivity contribution is 0.0510. The van der Waals surface area contributed by atoms with Crippen LogP contribution in [0.1, 0.15) is 43.5 Å². The van der Waals surface area contributed by atoms with Crippen molar-refractivity contribution in [1.82, 2.24) is 4.90 Å². The van der Waals surface area contributed by atoms with Crippen LogP contribution in [0.4, 0.5) is 0 Å². The highest BCUT2D eigenvalue weighted by Crippen LogP contribution is 2.24. The van der Waals surface area contributed by atoms with Gasteiger partial charge in [0.25, 0.3) is 5.91 Å². The van der Waals surface area contributed by atoms with Crippen molar-refractivity contribution in [2.75, 3.05) is 0 Å². The van der Waals surface area contributed by atoms with Gasteiger partial charge in [-0.15, -0.1) is 12.6 Å². The van der Waals surface area contributed by atoms with Gasteiger partial charge in [-0.25, -0.2) is 0 Å². The summed E-state index contributed by atoms with van der Waals surface area (Å²) in [6, 6.07) is 8.16. The fourth-order valence-corrected chi connectivity index (χ4v) is 2.72. The van der Waals surface area contributed by atoms with Crippen molar-refractivity contribution in [3.63, 3.8) is 0 Å². The van der Waals surface area contributed by atoms with Crippen LogP contribution in [0, 0.1) is 0 Å². The fraction of sp³-hybridized carbons (Fsp3) is 0.500. The number of nitrogens with zero attached hydrogens (tertiary/aromatic N) is 1. The smallest absolute Gasteiger partial charge is 0.254 e. The number of piperidine rings is 1. The van der Waals surface area contributed by atoms with Gasteiger partial charge in [-0.1, -0.05) is 0 Å². The fourth-order valence-electron chi connectivity index (χ4n) is 2.57. The number of likely N-dealkylation sites (tertiary alicyclic amines) is 1. The molecule has 0 radical (unpaired) electrons. The molecule has 92 valence electrons. The number of rotatable bonds is 1. The van der Waals surface area contributed by atoms with Gasteiger partial charge in [0.15, 0.2) is 0 Å². The molecule has 2 atom stereocenters. The summed E-state index contributed by atoms with van der Waals surface area (Å²) in [5.74, 6) is 0.151. The van der Waals surface area contributed by atoms with E-state index >= 15 is 0 Å². The molecule has 2 nitrogen and oxygen atoms in total. The minimum atomic E-state index is 0.151. The van der Waals surface area contributed by atoms with Gasteiger partial charge >= 0.3 is 0 Å². The molecule has 17 heavy (non-hydrogen) atoms. The molecule has 2 rings (SSSR count). The first kappa shape index (κ1) is 12.5. The molecule has 1 saturated heterocycles. The molecule has 1 aromatic carbocycles. The zero-order valence-electron chi connectivity index (χ0n) is 10.4. The topological polar surface area (TPSA) is 20.3 Å². The molecule has 0 unspecified atom stereocenters. The Morgan fingerprint density at radius 2 is 1.71 bits per heavy atom. The maximum atomic E-state index is 12.4. The molecule has 1 aliphatic heterocycles. The van der Waals surface area contributed by atoms with Gasteiger partial charge in [-0.3, -0.25) is 4.79 Å². The first-order chi connectivity index (χ1) is 8.09. The van der Waals surface area contributed by atoms with E-state index in [1.54, 1.807) is 0 Å². The van der Waals surface area contributed by atoms with E-state index in [2.05, 4.69) is 26.5 Å². The Bertz CT molecular complexity index is 391. The third kappa shape index (κ3) is 2.65. The molecule has 0 N–H and O–H groups in total. The molecule has 1 amide bonds. The third-order valence-corrected chi connectivity index (χ3v) is 3.84. The van der Waals surface area contributed by atoms with Crippen LogP contribution in [-0.2, 0) is 0 Å². The van der Waals surface area contributed by atoms with Crippen LogP contribution in [-0.4, -0.2) is 22.9 Å². The highest BCUT2D eigenvalue weighted by atomic mass is 32.1. The van der Waals surface area contributed by atoms with E-state index in [9.17, 15) is 4.79 Å². The average molecular weight is 249 g/mol. The van der Waals surface area contributed by atoms with E-state index in [0.717, 1.165) is 23.3 Å². The first-order valence-electron chi connectivity index (χ1n) is 6.21. The molecule has 3 heteroatoms. The lowest BCUT2D eigenvalue weighted by Gasteiger charge is -2.39. The molecular formula is C14H19NOS. The summed E-state index contributed by atoms with van der Waals surface area (Å²) < 4.78 is 0. The molecule has 0 aromatic heterocycles. The Kier molecular flexibility index (Phi) is 3.77. The summed E-state index contributed by atoms with van der Waals surface area (Å²) in [7, 11) is 0. The van der Waals surface area contributed by atoms with Crippen molar-refractivity contribution in [3.05, 3.63) is 29.8 Å². The van der Waals surface area contributed by atoms with Crippen molar-refractivity contribution in [1.29, 1.82) is 0 Å². The van der Waals surface area contributed by atoms with Crippen molar-refractivity contribution >= 4 is 18.5 Å². The number of carbonyl (C=O) groups is 1. The van der Waals surface area contributed by atoms with Crippen molar-refractivity contribution in [2.24, 2.45) is 0 Å². The molecule has 1 fully saturated rings. The van der Waals surface area contributed by atoms with E-state index < -0.39 is 0 Å². The van der Waals surface area contributed by atoms with Crippen LogP contribution in [0.15, 0.2) is 29.2 Å². The molecule has 0 spiro atoms. The molecule has 1 aromatic rings. The van der Waals surface area contributed by atoms with Crippen molar-refractivity contribution in [3.8, 4) is 0 Å². The SMILES string of the molecule is C[C@@H]1CCC[C@H](C)N1C(=O)c1ccc(S)cc1. The van der Waals surface area contributed by atoms with E-state index in [1.165, 1.54) is 6.42 Å². The van der Waals surface area contributed by atoms with E-state index in [-0.39, 0.29) is 5.91 Å². The highest BCUT2D eigenvalue weighted by molar-refractivity contribution is 7.80. The van der Waals surface area contributed by atoms with Crippen LogP contribution in [0.3, 0.4) is 0 Å². The van der Waals surface area contributed by atoms with E-state index in [4.69, 9.17) is 0 Å². The van der Waals surface area contributed by atoms with Crippen LogP contribution >= 0.6 is 12.6 Å². The number of benzene rings is 1. The summed E-state index contributed by atoms with van der Waals surface area (Å²) in [5, 5.41) is 0. The third-order valence-electron chi connectivity index (χ3n) is 3.54. The van der Waals surface area contributed by atoms with Crippen molar-refractivity contribution in [2.45, 2.75) is 50.1 Å². The number of carbonyl (C=O) groups excluding carboxylic acids is 1. The molecular weight excluding hydrogens is 230 g/mol. The minimum absolute atomic E-state index is 0.151. The Hall–Kier alpha value is -0.960. The summed E-state index contributed by atoms with van der Waals surface area (Å²) in [6.45, 7) is 4.28. The summed E-state index contributed by atoms with van der Waals surface area (Å²) >= 11 is 4.24. The highest BCUT2D eigenvalue weighted by Gasteiger charge is 2.29. The zero-order valence-corrected chi connectivity index (χ0v) is 11.3. The second-order valence-electron chi connectivity index (χ2n) is 4.89. The first-order valence-corrected chi connectivity index (χ1v) is 6.66. The molecule has 1 aliphatic rings. The maximum Gasteiger partial charge on any atom is 0.254 e. The summed E-state index contributed by atoms with van der Waals surface area (Å²) in [5.41, 5.74) is 0.767. The normalized spacial score (nSPS) is 24.8. The Morgan fingerprint density at radius 1 is 1.18 bits per heavy atom. The maximum absolute atomic E-state index is 12.4. The second kappa shape index (κ2) is 5.13. The van der Waals surface area contributed by atoms with Crippen LogP contribution in [0.5, 0.6) is 0 Å². The Labute approximate surface area is 108 Å². The monoisotopic (exact) mass is 249 g/mol. The zero-order chi connectivity index (χ0) is 12.4. The van der Waals surface area contributed by atoms with Gasteiger partial charge in [0.05, 0.1) is 0 Å². The predicted octanol–water partition coefficient (Wildman–Crippen LogP) is 3.38. The van der Waals surface area contributed by atoms with Crippen LogP contribution in [0.25, 0.3) is 0 Å². The molecule has 1 heterocycles. The lowest BCUT2D eigenvalue weighted by Crippen LogP contribution is -2.47. The van der Waals surface area contributed by atoms with Gasteiger partial charge in [0, 0.05) is 22.5 Å². The van der Waals surface area contributed by atoms with Crippen molar-refractivity contribution < 1.29 is 4.79 Å². The van der Waals surface area contributed by atoms with E-state index in [0.29, 0.717) is 12.1 Å². The number of hydrogen-bond acceptors (Lipinski definition) is 2. The minimum Gasteiger partial charge on any atom is -0.333 e. The molecule has 0 bridgehead atoms. The largest absolute Gasteiger partial charge is 0.333 e. The number of thiol groups is 1. The average Bonchev–Trinajstić information content (AvgIpc) is 2.29.